The summed E-state index contributed by atoms with van der Waals surface area (Å²) >= 11 is 0. The standard InChI is InChI=1S/C19H15NO4/c21-16(4-1-12-2-5-17-14(9-12)7-8-23-17)13-3-6-18-15(10-13)20-19(22)11-24-18/h1-6,9-10H,7-8,11H2,(H,20,22)/b4-1-. The minimum atomic E-state index is -0.219. The van der Waals surface area contributed by atoms with Gasteiger partial charge in [0.1, 0.15) is 11.5 Å². The van der Waals surface area contributed by atoms with Gasteiger partial charge < -0.3 is 14.8 Å². The Morgan fingerprint density at radius 1 is 1.08 bits per heavy atom. The number of hydrogen-bond donors (Lipinski definition) is 1. The Morgan fingerprint density at radius 3 is 2.88 bits per heavy atom. The van der Waals surface area contributed by atoms with Gasteiger partial charge in [-0.3, -0.25) is 9.59 Å². The Bertz CT molecular complexity index is 870. The second-order valence-electron chi connectivity index (χ2n) is 5.71. The summed E-state index contributed by atoms with van der Waals surface area (Å²) in [7, 11) is 0. The van der Waals surface area contributed by atoms with E-state index in [1.165, 1.54) is 11.6 Å². The van der Waals surface area contributed by atoms with Crippen LogP contribution in [-0.2, 0) is 11.2 Å². The van der Waals surface area contributed by atoms with E-state index in [0.717, 1.165) is 17.7 Å². The minimum Gasteiger partial charge on any atom is -0.493 e. The molecule has 2 heterocycles. The van der Waals surface area contributed by atoms with Crippen LogP contribution in [0.25, 0.3) is 6.08 Å². The maximum atomic E-state index is 12.4. The van der Waals surface area contributed by atoms with Crippen LogP contribution >= 0.6 is 0 Å². The van der Waals surface area contributed by atoms with Crippen molar-refractivity contribution >= 4 is 23.5 Å². The lowest BCUT2D eigenvalue weighted by molar-refractivity contribution is -0.118. The number of benzene rings is 2. The highest BCUT2D eigenvalue weighted by molar-refractivity contribution is 6.08. The van der Waals surface area contributed by atoms with Gasteiger partial charge in [-0.25, -0.2) is 0 Å². The molecule has 120 valence electrons. The zero-order chi connectivity index (χ0) is 16.5. The summed E-state index contributed by atoms with van der Waals surface area (Å²) in [6.45, 7) is 0.715. The maximum Gasteiger partial charge on any atom is 0.262 e. The smallest absolute Gasteiger partial charge is 0.262 e. The van der Waals surface area contributed by atoms with E-state index in [9.17, 15) is 9.59 Å². The third-order valence-corrected chi connectivity index (χ3v) is 4.04. The van der Waals surface area contributed by atoms with Crippen molar-refractivity contribution < 1.29 is 19.1 Å². The number of carbonyl (C=O) groups excluding carboxylic acids is 2. The molecule has 2 aromatic carbocycles. The van der Waals surface area contributed by atoms with Crippen molar-refractivity contribution in [2.24, 2.45) is 0 Å². The fraction of sp³-hybridized carbons (Fsp3) is 0.158. The normalized spacial score (nSPS) is 15.2. The number of hydrogen-bond acceptors (Lipinski definition) is 4. The van der Waals surface area contributed by atoms with E-state index >= 15 is 0 Å². The molecule has 0 aromatic heterocycles. The van der Waals surface area contributed by atoms with Crippen molar-refractivity contribution in [2.45, 2.75) is 6.42 Å². The van der Waals surface area contributed by atoms with Crippen LogP contribution in [0.5, 0.6) is 11.5 Å². The van der Waals surface area contributed by atoms with Gasteiger partial charge >= 0.3 is 0 Å². The molecular formula is C19H15NO4. The van der Waals surface area contributed by atoms with Crippen LogP contribution in [-0.4, -0.2) is 24.9 Å². The van der Waals surface area contributed by atoms with Gasteiger partial charge in [-0.1, -0.05) is 12.1 Å². The maximum absolute atomic E-state index is 12.4. The van der Waals surface area contributed by atoms with Gasteiger partial charge in [-0.15, -0.1) is 0 Å². The summed E-state index contributed by atoms with van der Waals surface area (Å²) in [5.41, 5.74) is 3.15. The molecule has 0 saturated heterocycles. The van der Waals surface area contributed by atoms with Gasteiger partial charge in [-0.2, -0.15) is 0 Å². The van der Waals surface area contributed by atoms with E-state index in [0.29, 0.717) is 23.6 Å². The predicted molar refractivity (Wildman–Crippen MR) is 89.6 cm³/mol. The highest BCUT2D eigenvalue weighted by atomic mass is 16.5. The molecule has 0 unspecified atom stereocenters. The van der Waals surface area contributed by atoms with Crippen molar-refractivity contribution in [3.63, 3.8) is 0 Å². The van der Waals surface area contributed by atoms with E-state index < -0.39 is 0 Å². The molecule has 5 nitrogen and oxygen atoms in total. The zero-order valence-corrected chi connectivity index (χ0v) is 12.9. The summed E-state index contributed by atoms with van der Waals surface area (Å²) in [6, 6.07) is 10.9. The number of allylic oxidation sites excluding steroid dienone is 1. The highest BCUT2D eigenvalue weighted by Gasteiger charge is 2.17. The van der Waals surface area contributed by atoms with E-state index in [1.54, 1.807) is 24.3 Å². The SMILES string of the molecule is O=C1COc2ccc(C(=O)/C=C\c3ccc4c(c3)CCO4)cc2N1. The average molecular weight is 321 g/mol. The van der Waals surface area contributed by atoms with E-state index in [4.69, 9.17) is 9.47 Å². The number of ether oxygens (including phenoxy) is 2. The fourth-order valence-corrected chi connectivity index (χ4v) is 2.81. The number of carbonyl (C=O) groups is 2. The molecular weight excluding hydrogens is 306 g/mol. The molecule has 4 rings (SSSR count). The molecule has 0 spiro atoms. The lowest BCUT2D eigenvalue weighted by Crippen LogP contribution is -2.25. The van der Waals surface area contributed by atoms with Crippen molar-refractivity contribution in [1.29, 1.82) is 0 Å². The largest absolute Gasteiger partial charge is 0.493 e. The molecule has 0 atom stereocenters. The first-order valence-electron chi connectivity index (χ1n) is 7.74. The molecule has 5 heteroatoms. The van der Waals surface area contributed by atoms with Gasteiger partial charge in [0.05, 0.1) is 12.3 Å². The molecule has 2 aliphatic rings. The first-order chi connectivity index (χ1) is 11.7. The van der Waals surface area contributed by atoms with Gasteiger partial charge in [0, 0.05) is 12.0 Å². The summed E-state index contributed by atoms with van der Waals surface area (Å²) in [6.07, 6.45) is 4.22. The van der Waals surface area contributed by atoms with Crippen LogP contribution in [0.2, 0.25) is 0 Å². The summed E-state index contributed by atoms with van der Waals surface area (Å²) in [5.74, 6) is 1.15. The quantitative estimate of drug-likeness (QED) is 0.697. The van der Waals surface area contributed by atoms with Crippen molar-refractivity contribution in [1.82, 2.24) is 0 Å². The molecule has 24 heavy (non-hydrogen) atoms. The van der Waals surface area contributed by atoms with Gasteiger partial charge in [0.15, 0.2) is 12.4 Å². The van der Waals surface area contributed by atoms with Crippen LogP contribution in [0.3, 0.4) is 0 Å². The Kier molecular flexibility index (Phi) is 3.54. The summed E-state index contributed by atoms with van der Waals surface area (Å²) in [4.78, 5) is 23.7. The highest BCUT2D eigenvalue weighted by Crippen LogP contribution is 2.29. The topological polar surface area (TPSA) is 64.6 Å². The van der Waals surface area contributed by atoms with Crippen LogP contribution in [0, 0.1) is 0 Å². The number of anilines is 1. The molecule has 1 N–H and O–H groups in total. The fourth-order valence-electron chi connectivity index (χ4n) is 2.81. The molecule has 0 bridgehead atoms. The zero-order valence-electron chi connectivity index (χ0n) is 12.9. The molecule has 2 aliphatic heterocycles. The molecule has 0 saturated carbocycles. The molecule has 0 fully saturated rings. The van der Waals surface area contributed by atoms with E-state index in [-0.39, 0.29) is 18.3 Å². The number of fused-ring (bicyclic) bond motifs is 2. The second-order valence-corrected chi connectivity index (χ2v) is 5.71. The number of rotatable bonds is 3. The Balaban J connectivity index is 1.54. The predicted octanol–water partition coefficient (Wildman–Crippen LogP) is 2.85. The Labute approximate surface area is 138 Å². The van der Waals surface area contributed by atoms with Crippen LogP contribution in [0.15, 0.2) is 42.5 Å². The molecule has 0 aliphatic carbocycles. The molecule has 2 aromatic rings. The average Bonchev–Trinajstić information content (AvgIpc) is 3.06. The van der Waals surface area contributed by atoms with Crippen molar-refractivity contribution in [2.75, 3.05) is 18.5 Å². The number of amides is 1. The monoisotopic (exact) mass is 321 g/mol. The van der Waals surface area contributed by atoms with Crippen LogP contribution in [0.4, 0.5) is 5.69 Å². The third-order valence-electron chi connectivity index (χ3n) is 4.04. The second kappa shape index (κ2) is 5.85. The molecule has 0 radical (unpaired) electrons. The lowest BCUT2D eigenvalue weighted by atomic mass is 10.1. The van der Waals surface area contributed by atoms with Gasteiger partial charge in [-0.05, 0) is 47.5 Å². The minimum absolute atomic E-state index is 0.00222. The van der Waals surface area contributed by atoms with Crippen LogP contribution in [0.1, 0.15) is 21.5 Å². The van der Waals surface area contributed by atoms with Crippen molar-refractivity contribution in [3.05, 3.63) is 59.2 Å². The first-order valence-corrected chi connectivity index (χ1v) is 7.74. The summed E-state index contributed by atoms with van der Waals surface area (Å²) in [5, 5.41) is 2.70. The Hall–Kier alpha value is -3.08. The first kappa shape index (κ1) is 14.5. The molecule has 1 amide bonds. The van der Waals surface area contributed by atoms with Crippen molar-refractivity contribution in [3.8, 4) is 11.5 Å². The van der Waals surface area contributed by atoms with E-state index in [1.807, 2.05) is 18.2 Å². The number of nitrogens with one attached hydrogen (secondary N) is 1. The van der Waals surface area contributed by atoms with Crippen LogP contribution < -0.4 is 14.8 Å². The third kappa shape index (κ3) is 2.76. The van der Waals surface area contributed by atoms with E-state index in [2.05, 4.69) is 5.32 Å². The Morgan fingerprint density at radius 2 is 1.96 bits per heavy atom. The number of ketones is 1. The van der Waals surface area contributed by atoms with Gasteiger partial charge in [0.2, 0.25) is 0 Å². The summed E-state index contributed by atoms with van der Waals surface area (Å²) < 4.78 is 10.8. The van der Waals surface area contributed by atoms with Gasteiger partial charge in [0.25, 0.3) is 5.91 Å². The lowest BCUT2D eigenvalue weighted by Gasteiger charge is -2.17.